The second kappa shape index (κ2) is 11.1. The predicted molar refractivity (Wildman–Crippen MR) is 243 cm³/mol. The second-order valence-corrected chi connectivity index (χ2v) is 20.7. The van der Waals surface area contributed by atoms with Crippen molar-refractivity contribution in [1.82, 2.24) is 0 Å². The molecule has 0 unspecified atom stereocenters. The minimum absolute atomic E-state index is 0.0744. The molecule has 4 heterocycles. The van der Waals surface area contributed by atoms with E-state index in [-0.39, 0.29) is 23.0 Å². The molecule has 0 amide bonds. The van der Waals surface area contributed by atoms with Crippen molar-refractivity contribution in [2.45, 2.75) is 78.1 Å². The van der Waals surface area contributed by atoms with Crippen LogP contribution < -0.4 is 25.5 Å². The van der Waals surface area contributed by atoms with Gasteiger partial charge in [-0.05, 0) is 105 Å². The van der Waals surface area contributed by atoms with Gasteiger partial charge in [0.1, 0.15) is 0 Å². The Labute approximate surface area is 333 Å². The molecule has 55 heavy (non-hydrogen) atoms. The fourth-order valence-electron chi connectivity index (χ4n) is 10.7. The zero-order valence-corrected chi connectivity index (χ0v) is 34.6. The number of nitrogens with zero attached hydrogens (tertiary/aromatic N) is 2. The SMILES string of the molecule is Cc1cc2c3c(c1)N(c1cccc4c1sc1ccccc14)c1ccccc1B3c1sc3c4c(ccc3c1N2c1ccc(C(C)(C)C)cc1)C(C)(C)CC4(C)C. The molecule has 0 fully saturated rings. The average molecular weight is 749 g/mol. The summed E-state index contributed by atoms with van der Waals surface area (Å²) in [5.74, 6) is 0. The van der Waals surface area contributed by atoms with Gasteiger partial charge in [-0.2, -0.15) is 0 Å². The minimum atomic E-state index is 0.0744. The largest absolute Gasteiger partial charge is 0.310 e. The second-order valence-electron chi connectivity index (χ2n) is 18.6. The number of anilines is 6. The monoisotopic (exact) mass is 748 g/mol. The maximum Gasteiger partial charge on any atom is 0.264 e. The summed E-state index contributed by atoms with van der Waals surface area (Å²) in [6, 6.07) is 44.3. The van der Waals surface area contributed by atoms with Crippen LogP contribution in [-0.4, -0.2) is 6.71 Å². The van der Waals surface area contributed by atoms with E-state index < -0.39 is 0 Å². The lowest BCUT2D eigenvalue weighted by Gasteiger charge is -2.43. The first-order chi connectivity index (χ1) is 26.3. The number of rotatable bonds is 2. The molecule has 11 rings (SSSR count). The van der Waals surface area contributed by atoms with E-state index in [0.717, 1.165) is 6.42 Å². The number of benzene rings is 6. The smallest absolute Gasteiger partial charge is 0.264 e. The highest BCUT2D eigenvalue weighted by atomic mass is 32.1. The van der Waals surface area contributed by atoms with E-state index in [4.69, 9.17) is 0 Å². The molecule has 2 aliphatic heterocycles. The first-order valence-electron chi connectivity index (χ1n) is 19.8. The van der Waals surface area contributed by atoms with Crippen LogP contribution in [0.4, 0.5) is 34.1 Å². The third kappa shape index (κ3) is 4.60. The third-order valence-electron chi connectivity index (χ3n) is 12.8. The summed E-state index contributed by atoms with van der Waals surface area (Å²) in [4.78, 5) is 5.23. The Morgan fingerprint density at radius 2 is 1.31 bits per heavy atom. The van der Waals surface area contributed by atoms with Crippen molar-refractivity contribution in [3.8, 4) is 0 Å². The zero-order valence-electron chi connectivity index (χ0n) is 33.0. The molecule has 1 aliphatic carbocycles. The van der Waals surface area contributed by atoms with Gasteiger partial charge in [-0.3, -0.25) is 0 Å². The molecule has 0 spiro atoms. The highest BCUT2D eigenvalue weighted by Gasteiger charge is 2.48. The molecule has 0 bridgehead atoms. The number of thiophene rings is 2. The van der Waals surface area contributed by atoms with E-state index >= 15 is 0 Å². The molecule has 8 aromatic rings. The molecule has 2 nitrogen and oxygen atoms in total. The van der Waals surface area contributed by atoms with Crippen LogP contribution in [0, 0.1) is 6.92 Å². The summed E-state index contributed by atoms with van der Waals surface area (Å²) in [6.45, 7) is 19.1. The average Bonchev–Trinajstić information content (AvgIpc) is 3.78. The first kappa shape index (κ1) is 33.5. The van der Waals surface area contributed by atoms with Crippen LogP contribution in [0.15, 0.2) is 115 Å². The Kier molecular flexibility index (Phi) is 6.79. The van der Waals surface area contributed by atoms with Gasteiger partial charge in [-0.15, -0.1) is 22.7 Å². The van der Waals surface area contributed by atoms with Crippen molar-refractivity contribution in [1.29, 1.82) is 0 Å². The van der Waals surface area contributed by atoms with E-state index in [2.05, 4.69) is 192 Å². The number of hydrogen-bond acceptors (Lipinski definition) is 4. The molecule has 0 saturated heterocycles. The van der Waals surface area contributed by atoms with Gasteiger partial charge in [0.05, 0.1) is 16.1 Å². The van der Waals surface area contributed by atoms with Crippen molar-refractivity contribution >= 4 is 109 Å². The maximum atomic E-state index is 2.63. The van der Waals surface area contributed by atoms with E-state index in [0.29, 0.717) is 0 Å². The summed E-state index contributed by atoms with van der Waals surface area (Å²) in [5, 5.41) is 4.04. The number of hydrogen-bond donors (Lipinski definition) is 0. The van der Waals surface area contributed by atoms with E-state index in [1.807, 2.05) is 11.3 Å². The molecule has 0 atom stereocenters. The van der Waals surface area contributed by atoms with E-state index in [9.17, 15) is 0 Å². The quantitative estimate of drug-likeness (QED) is 0.162. The van der Waals surface area contributed by atoms with Crippen LogP contribution in [0.3, 0.4) is 0 Å². The lowest BCUT2D eigenvalue weighted by molar-refractivity contribution is 0.404. The molecular formula is C50H45BN2S2. The Hall–Kier alpha value is -4.84. The van der Waals surface area contributed by atoms with Crippen molar-refractivity contribution in [2.75, 3.05) is 9.80 Å². The predicted octanol–water partition coefficient (Wildman–Crippen LogP) is 12.9. The molecule has 270 valence electrons. The third-order valence-corrected chi connectivity index (χ3v) is 15.3. The van der Waals surface area contributed by atoms with Crippen molar-refractivity contribution in [3.63, 3.8) is 0 Å². The highest BCUT2D eigenvalue weighted by molar-refractivity contribution is 7.34. The van der Waals surface area contributed by atoms with Gasteiger partial charge < -0.3 is 9.80 Å². The normalized spacial score (nSPS) is 16.5. The Morgan fingerprint density at radius 1 is 0.618 bits per heavy atom. The molecule has 5 heteroatoms. The molecule has 0 radical (unpaired) electrons. The van der Waals surface area contributed by atoms with Crippen molar-refractivity contribution in [2.24, 2.45) is 0 Å². The lowest BCUT2D eigenvalue weighted by Crippen LogP contribution is -2.60. The number of aryl methyl sites for hydroxylation is 1. The fraction of sp³-hybridized carbons (Fsp3) is 0.240. The van der Waals surface area contributed by atoms with E-state index in [1.54, 1.807) is 5.56 Å². The maximum absolute atomic E-state index is 2.63. The van der Waals surface area contributed by atoms with Gasteiger partial charge in [0.15, 0.2) is 0 Å². The molecule has 6 aromatic carbocycles. The molecule has 0 N–H and O–H groups in total. The first-order valence-corrected chi connectivity index (χ1v) is 21.4. The Balaban J connectivity index is 1.25. The van der Waals surface area contributed by atoms with Gasteiger partial charge in [0.2, 0.25) is 0 Å². The molecule has 2 aromatic heterocycles. The summed E-state index contributed by atoms with van der Waals surface area (Å²) in [7, 11) is 0. The highest BCUT2D eigenvalue weighted by Crippen LogP contribution is 2.56. The summed E-state index contributed by atoms with van der Waals surface area (Å²) < 4.78 is 5.59. The van der Waals surface area contributed by atoms with Gasteiger partial charge in [0.25, 0.3) is 6.71 Å². The van der Waals surface area contributed by atoms with Crippen LogP contribution in [0.1, 0.15) is 77.1 Å². The van der Waals surface area contributed by atoms with Crippen LogP contribution >= 0.6 is 22.7 Å². The number of para-hydroxylation sites is 1. The molecule has 0 saturated carbocycles. The van der Waals surface area contributed by atoms with Crippen LogP contribution in [-0.2, 0) is 16.2 Å². The lowest BCUT2D eigenvalue weighted by atomic mass is 9.36. The topological polar surface area (TPSA) is 6.48 Å². The molecule has 3 aliphatic rings. The van der Waals surface area contributed by atoms with Crippen molar-refractivity contribution in [3.05, 3.63) is 138 Å². The van der Waals surface area contributed by atoms with Crippen LogP contribution in [0.5, 0.6) is 0 Å². The summed E-state index contributed by atoms with van der Waals surface area (Å²) in [5.41, 5.74) is 16.5. The standard InChI is InChI=1S/C50H45BN2S2/c1-29-26-39-43-40(27-29)53(38-18-13-15-33-32-14-9-12-19-41(32)54-45(33)38)37-17-11-10-16-36(37)51(43)47-44(52(39)31-22-20-30(21-23-31)48(2,3)4)34-24-25-35-42(46(34)55-47)50(7,8)28-49(35,5)6/h9-27H,28H2,1-8H3. The Morgan fingerprint density at radius 3 is 2.09 bits per heavy atom. The van der Waals surface area contributed by atoms with Crippen LogP contribution in [0.2, 0.25) is 0 Å². The van der Waals surface area contributed by atoms with Gasteiger partial charge >= 0.3 is 0 Å². The zero-order chi connectivity index (χ0) is 37.8. The van der Waals surface area contributed by atoms with Gasteiger partial charge in [-0.25, -0.2) is 0 Å². The summed E-state index contributed by atoms with van der Waals surface area (Å²) in [6.07, 6.45) is 1.16. The minimum Gasteiger partial charge on any atom is -0.310 e. The van der Waals surface area contributed by atoms with Crippen LogP contribution in [0.25, 0.3) is 30.3 Å². The Bertz CT molecular complexity index is 2920. The van der Waals surface area contributed by atoms with E-state index in [1.165, 1.54) is 96.8 Å². The van der Waals surface area contributed by atoms with Gasteiger partial charge in [0, 0.05) is 53.1 Å². The summed E-state index contributed by atoms with van der Waals surface area (Å²) >= 11 is 3.98. The van der Waals surface area contributed by atoms with Crippen molar-refractivity contribution < 1.29 is 0 Å². The number of fused-ring (bicyclic) bond motifs is 11. The molecular weight excluding hydrogens is 704 g/mol. The van der Waals surface area contributed by atoms with Gasteiger partial charge in [-0.1, -0.05) is 121 Å². The fourth-order valence-corrected chi connectivity index (χ4v) is 13.6.